The van der Waals surface area contributed by atoms with E-state index in [4.69, 9.17) is 0 Å². The molecule has 0 aromatic heterocycles. The fraction of sp³-hybridized carbons (Fsp3) is 0.632. The van der Waals surface area contributed by atoms with Crippen LogP contribution in [0.25, 0.3) is 0 Å². The molecule has 0 spiro atoms. The number of hydrogen-bond acceptors (Lipinski definition) is 4. The molecular weight excluding hydrogens is 350 g/mol. The normalized spacial score (nSPS) is 14.9. The van der Waals surface area contributed by atoms with Gasteiger partial charge in [0.2, 0.25) is 10.0 Å². The Balaban J connectivity index is 2.49. The lowest BCUT2D eigenvalue weighted by atomic mass is 10.1. The summed E-state index contributed by atoms with van der Waals surface area (Å²) in [5.74, 6) is -0.0846. The first-order chi connectivity index (χ1) is 12.3. The van der Waals surface area contributed by atoms with Crippen LogP contribution >= 0.6 is 0 Å². The van der Waals surface area contributed by atoms with E-state index in [1.54, 1.807) is 18.2 Å². The van der Waals surface area contributed by atoms with Crippen molar-refractivity contribution in [3.63, 3.8) is 0 Å². The number of amides is 1. The quantitative estimate of drug-likeness (QED) is 0.695. The molecule has 1 heterocycles. The van der Waals surface area contributed by atoms with Crippen molar-refractivity contribution in [2.45, 2.75) is 44.4 Å². The lowest BCUT2D eigenvalue weighted by Crippen LogP contribution is -2.34. The summed E-state index contributed by atoms with van der Waals surface area (Å²) >= 11 is 0. The molecule has 0 atom stereocenters. The van der Waals surface area contributed by atoms with Crippen molar-refractivity contribution in [1.29, 1.82) is 0 Å². The largest absolute Gasteiger partial charge is 0.371 e. The van der Waals surface area contributed by atoms with Crippen molar-refractivity contribution in [3.05, 3.63) is 23.8 Å². The van der Waals surface area contributed by atoms with Crippen LogP contribution in [0.4, 0.5) is 5.69 Å². The van der Waals surface area contributed by atoms with Crippen molar-refractivity contribution < 1.29 is 13.2 Å². The van der Waals surface area contributed by atoms with Crippen molar-refractivity contribution in [1.82, 2.24) is 9.21 Å². The maximum Gasteiger partial charge on any atom is 0.255 e. The molecule has 0 bridgehead atoms. The Morgan fingerprint density at radius 2 is 1.81 bits per heavy atom. The standard InChI is InChI=1S/C19H31N3O3S/c1-5-7-12-21(6-2)19(23)17-15-16(26(24,25)20(3)4)10-11-18(17)22-13-8-9-14-22/h10-11,15H,5-9,12-14H2,1-4H3. The van der Waals surface area contributed by atoms with Gasteiger partial charge in [-0.05, 0) is 44.4 Å². The Morgan fingerprint density at radius 1 is 1.15 bits per heavy atom. The Hall–Kier alpha value is -1.60. The highest BCUT2D eigenvalue weighted by atomic mass is 32.2. The smallest absolute Gasteiger partial charge is 0.255 e. The zero-order valence-electron chi connectivity index (χ0n) is 16.4. The van der Waals surface area contributed by atoms with Gasteiger partial charge in [0.1, 0.15) is 0 Å². The Bertz CT molecular complexity index is 726. The van der Waals surface area contributed by atoms with Gasteiger partial charge in [0.05, 0.1) is 10.5 Å². The van der Waals surface area contributed by atoms with Crippen LogP contribution in [0.2, 0.25) is 0 Å². The molecule has 1 aliphatic heterocycles. The second kappa shape index (κ2) is 8.86. The summed E-state index contributed by atoms with van der Waals surface area (Å²) in [5.41, 5.74) is 1.34. The lowest BCUT2D eigenvalue weighted by molar-refractivity contribution is 0.0762. The monoisotopic (exact) mass is 381 g/mol. The third kappa shape index (κ3) is 4.38. The van der Waals surface area contributed by atoms with Crippen LogP contribution in [-0.2, 0) is 10.0 Å². The van der Waals surface area contributed by atoms with Crippen LogP contribution in [0.5, 0.6) is 0 Å². The maximum absolute atomic E-state index is 13.2. The first-order valence-electron chi connectivity index (χ1n) is 9.43. The van der Waals surface area contributed by atoms with Crippen molar-refractivity contribution in [2.24, 2.45) is 0 Å². The maximum atomic E-state index is 13.2. The van der Waals surface area contributed by atoms with Gasteiger partial charge in [-0.25, -0.2) is 12.7 Å². The summed E-state index contributed by atoms with van der Waals surface area (Å²) < 4.78 is 26.3. The molecule has 1 amide bonds. The lowest BCUT2D eigenvalue weighted by Gasteiger charge is -2.26. The number of benzene rings is 1. The fourth-order valence-electron chi connectivity index (χ4n) is 3.21. The number of sulfonamides is 1. The first-order valence-corrected chi connectivity index (χ1v) is 10.9. The van der Waals surface area contributed by atoms with Gasteiger partial charge in [-0.1, -0.05) is 13.3 Å². The molecule has 1 saturated heterocycles. The van der Waals surface area contributed by atoms with Crippen LogP contribution in [0.15, 0.2) is 23.1 Å². The molecule has 0 unspecified atom stereocenters. The zero-order valence-corrected chi connectivity index (χ0v) is 17.2. The second-order valence-corrected chi connectivity index (χ2v) is 9.05. The highest BCUT2D eigenvalue weighted by Crippen LogP contribution is 2.29. The van der Waals surface area contributed by atoms with Gasteiger partial charge < -0.3 is 9.80 Å². The molecule has 0 N–H and O–H groups in total. The third-order valence-electron chi connectivity index (χ3n) is 4.87. The van der Waals surface area contributed by atoms with E-state index in [0.29, 0.717) is 18.7 Å². The van der Waals surface area contributed by atoms with Gasteiger partial charge >= 0.3 is 0 Å². The summed E-state index contributed by atoms with van der Waals surface area (Å²) in [5, 5.41) is 0. The SMILES string of the molecule is CCCCN(CC)C(=O)c1cc(S(=O)(=O)N(C)C)ccc1N1CCCC1. The average Bonchev–Trinajstić information content (AvgIpc) is 3.16. The van der Waals surface area contributed by atoms with E-state index in [2.05, 4.69) is 11.8 Å². The molecule has 0 radical (unpaired) electrons. The van der Waals surface area contributed by atoms with Crippen LogP contribution < -0.4 is 4.90 Å². The van der Waals surface area contributed by atoms with Crippen molar-refractivity contribution in [2.75, 3.05) is 45.2 Å². The number of carbonyl (C=O) groups excluding carboxylic acids is 1. The number of nitrogens with zero attached hydrogens (tertiary/aromatic N) is 3. The van der Waals surface area contributed by atoms with Gasteiger partial charge in [0.25, 0.3) is 5.91 Å². The predicted molar refractivity (Wildman–Crippen MR) is 105 cm³/mol. The number of unbranched alkanes of at least 4 members (excludes halogenated alkanes) is 1. The Kier molecular flexibility index (Phi) is 7.06. The van der Waals surface area contributed by atoms with Crippen LogP contribution in [0, 0.1) is 0 Å². The first kappa shape index (κ1) is 20.7. The molecule has 1 aliphatic rings. The summed E-state index contributed by atoms with van der Waals surface area (Å²) in [4.78, 5) is 17.4. The molecule has 2 rings (SSSR count). The van der Waals surface area contributed by atoms with E-state index in [9.17, 15) is 13.2 Å². The predicted octanol–water partition coefficient (Wildman–Crippen LogP) is 2.80. The molecule has 1 aromatic rings. The van der Waals surface area contributed by atoms with E-state index in [1.165, 1.54) is 18.4 Å². The minimum atomic E-state index is -3.58. The number of carbonyl (C=O) groups is 1. The van der Waals surface area contributed by atoms with Gasteiger partial charge in [-0.3, -0.25) is 4.79 Å². The third-order valence-corrected chi connectivity index (χ3v) is 6.69. The molecule has 0 saturated carbocycles. The van der Waals surface area contributed by atoms with Gasteiger partial charge in [-0.2, -0.15) is 0 Å². The van der Waals surface area contributed by atoms with E-state index in [1.807, 2.05) is 11.8 Å². The average molecular weight is 382 g/mol. The van der Waals surface area contributed by atoms with Gasteiger partial charge in [-0.15, -0.1) is 0 Å². The summed E-state index contributed by atoms with van der Waals surface area (Å²) in [7, 11) is -0.569. The molecule has 6 nitrogen and oxygen atoms in total. The molecule has 0 aliphatic carbocycles. The number of anilines is 1. The summed E-state index contributed by atoms with van der Waals surface area (Å²) in [6, 6.07) is 4.96. The van der Waals surface area contributed by atoms with Gasteiger partial charge in [0.15, 0.2) is 0 Å². The van der Waals surface area contributed by atoms with Crippen LogP contribution in [0.1, 0.15) is 49.9 Å². The minimum absolute atomic E-state index is 0.0846. The Morgan fingerprint density at radius 3 is 2.35 bits per heavy atom. The second-order valence-electron chi connectivity index (χ2n) is 6.90. The van der Waals surface area contributed by atoms with E-state index in [-0.39, 0.29) is 10.8 Å². The molecule has 26 heavy (non-hydrogen) atoms. The van der Waals surface area contributed by atoms with Gasteiger partial charge in [0, 0.05) is 46.0 Å². The molecule has 1 aromatic carbocycles. The van der Waals surface area contributed by atoms with Crippen molar-refractivity contribution >= 4 is 21.6 Å². The Labute approximate surface area is 157 Å². The fourth-order valence-corrected chi connectivity index (χ4v) is 4.14. The highest BCUT2D eigenvalue weighted by Gasteiger charge is 2.26. The minimum Gasteiger partial charge on any atom is -0.371 e. The van der Waals surface area contributed by atoms with E-state index in [0.717, 1.165) is 44.5 Å². The van der Waals surface area contributed by atoms with E-state index >= 15 is 0 Å². The van der Waals surface area contributed by atoms with Crippen LogP contribution in [0.3, 0.4) is 0 Å². The zero-order chi connectivity index (χ0) is 19.3. The number of hydrogen-bond donors (Lipinski definition) is 0. The number of rotatable bonds is 8. The molecule has 7 heteroatoms. The topological polar surface area (TPSA) is 60.9 Å². The molecule has 146 valence electrons. The molecular formula is C19H31N3O3S. The molecule has 1 fully saturated rings. The van der Waals surface area contributed by atoms with Crippen LogP contribution in [-0.4, -0.2) is 63.8 Å². The summed E-state index contributed by atoms with van der Waals surface area (Å²) in [6.07, 6.45) is 4.14. The van der Waals surface area contributed by atoms with Crippen molar-refractivity contribution in [3.8, 4) is 0 Å². The summed E-state index contributed by atoms with van der Waals surface area (Å²) in [6.45, 7) is 7.17. The van der Waals surface area contributed by atoms with E-state index < -0.39 is 10.0 Å². The highest BCUT2D eigenvalue weighted by molar-refractivity contribution is 7.89.